The van der Waals surface area contributed by atoms with E-state index in [2.05, 4.69) is 4.98 Å². The molecule has 1 aromatic carbocycles. The zero-order valence-corrected chi connectivity index (χ0v) is 14.5. The van der Waals surface area contributed by atoms with Crippen molar-refractivity contribution in [3.8, 4) is 5.75 Å². The van der Waals surface area contributed by atoms with Crippen molar-refractivity contribution in [1.82, 2.24) is 9.88 Å². The number of ether oxygens (including phenoxy) is 2. The summed E-state index contributed by atoms with van der Waals surface area (Å²) in [6.45, 7) is 1.37. The van der Waals surface area contributed by atoms with E-state index in [0.29, 0.717) is 18.8 Å². The molecule has 1 amide bonds. The maximum absolute atomic E-state index is 12.8. The van der Waals surface area contributed by atoms with Crippen LogP contribution < -0.4 is 4.74 Å². The van der Waals surface area contributed by atoms with Gasteiger partial charge in [0.1, 0.15) is 11.4 Å². The smallest absolute Gasteiger partial charge is 0.309 e. The van der Waals surface area contributed by atoms with Crippen LogP contribution in [0.1, 0.15) is 29.8 Å². The van der Waals surface area contributed by atoms with E-state index in [0.717, 1.165) is 35.9 Å². The highest BCUT2D eigenvalue weighted by Crippen LogP contribution is 2.59. The number of esters is 1. The van der Waals surface area contributed by atoms with Gasteiger partial charge in [-0.15, -0.1) is 0 Å². The number of nitrogens with zero attached hydrogens (tertiary/aromatic N) is 1. The molecule has 2 aliphatic rings. The predicted molar refractivity (Wildman–Crippen MR) is 92.5 cm³/mol. The van der Waals surface area contributed by atoms with Gasteiger partial charge in [0.25, 0.3) is 5.91 Å². The first-order valence-electron chi connectivity index (χ1n) is 8.60. The van der Waals surface area contributed by atoms with Crippen LogP contribution in [0.25, 0.3) is 10.9 Å². The Labute approximate surface area is 146 Å². The van der Waals surface area contributed by atoms with Gasteiger partial charge in [0, 0.05) is 30.1 Å². The molecule has 1 spiro atoms. The molecule has 6 heteroatoms. The second-order valence-corrected chi connectivity index (χ2v) is 7.07. The molecule has 4 rings (SSSR count). The third-order valence-electron chi connectivity index (χ3n) is 5.78. The minimum absolute atomic E-state index is 0.0142. The summed E-state index contributed by atoms with van der Waals surface area (Å²) in [7, 11) is 3.07. The van der Waals surface area contributed by atoms with Crippen molar-refractivity contribution in [3.63, 3.8) is 0 Å². The van der Waals surface area contributed by atoms with Crippen LogP contribution in [-0.2, 0) is 9.53 Å². The molecule has 132 valence electrons. The Balaban J connectivity index is 1.45. The fourth-order valence-corrected chi connectivity index (χ4v) is 4.05. The van der Waals surface area contributed by atoms with Gasteiger partial charge in [0.05, 0.1) is 20.1 Å². The molecular weight excluding hydrogens is 320 g/mol. The van der Waals surface area contributed by atoms with Crippen LogP contribution >= 0.6 is 0 Å². The Morgan fingerprint density at radius 1 is 1.20 bits per heavy atom. The SMILES string of the molecule is COC(=O)[C@H]1CC12CCN(C(=O)c1cc3ccc(OC)cc3[nH]1)CC2. The molecule has 0 bridgehead atoms. The number of aromatic amines is 1. The molecule has 1 aliphatic heterocycles. The van der Waals surface area contributed by atoms with Gasteiger partial charge in [-0.1, -0.05) is 0 Å². The number of aromatic nitrogens is 1. The van der Waals surface area contributed by atoms with Crippen molar-refractivity contribution in [1.29, 1.82) is 0 Å². The number of methoxy groups -OCH3 is 2. The molecule has 2 heterocycles. The summed E-state index contributed by atoms with van der Waals surface area (Å²) in [6, 6.07) is 7.60. The Morgan fingerprint density at radius 2 is 1.96 bits per heavy atom. The highest BCUT2D eigenvalue weighted by atomic mass is 16.5. The first-order valence-corrected chi connectivity index (χ1v) is 8.60. The summed E-state index contributed by atoms with van der Waals surface area (Å²) in [6.07, 6.45) is 2.63. The number of amides is 1. The minimum atomic E-state index is -0.107. The molecule has 1 saturated carbocycles. The Hall–Kier alpha value is -2.50. The summed E-state index contributed by atoms with van der Waals surface area (Å²) < 4.78 is 10.1. The number of H-pyrrole nitrogens is 1. The predicted octanol–water partition coefficient (Wildman–Crippen LogP) is 2.59. The maximum Gasteiger partial charge on any atom is 0.309 e. The van der Waals surface area contributed by atoms with Crippen LogP contribution in [0.3, 0.4) is 0 Å². The highest BCUT2D eigenvalue weighted by molar-refractivity contribution is 5.98. The second kappa shape index (κ2) is 5.79. The van der Waals surface area contributed by atoms with E-state index in [-0.39, 0.29) is 23.2 Å². The molecule has 1 saturated heterocycles. The molecule has 1 aromatic heterocycles. The van der Waals surface area contributed by atoms with E-state index in [1.807, 2.05) is 29.2 Å². The van der Waals surface area contributed by atoms with Gasteiger partial charge in [0.2, 0.25) is 0 Å². The van der Waals surface area contributed by atoms with E-state index in [9.17, 15) is 9.59 Å². The lowest BCUT2D eigenvalue weighted by atomic mass is 9.90. The van der Waals surface area contributed by atoms with Crippen LogP contribution in [0.15, 0.2) is 24.3 Å². The first-order chi connectivity index (χ1) is 12.1. The first kappa shape index (κ1) is 16.0. The molecule has 1 aliphatic carbocycles. The number of rotatable bonds is 3. The lowest BCUT2D eigenvalue weighted by molar-refractivity contribution is -0.143. The number of nitrogens with one attached hydrogen (secondary N) is 1. The van der Waals surface area contributed by atoms with Gasteiger partial charge >= 0.3 is 5.97 Å². The Kier molecular flexibility index (Phi) is 3.71. The fourth-order valence-electron chi connectivity index (χ4n) is 4.05. The standard InChI is InChI=1S/C19H22N2O4/c1-24-13-4-3-12-9-16(20-15(12)10-13)17(22)21-7-5-19(6-8-21)11-14(19)18(23)25-2/h3-4,9-10,14,20H,5-8,11H2,1-2H3/t14-/m1/s1. The van der Waals surface area contributed by atoms with Crippen LogP contribution in [-0.4, -0.2) is 49.1 Å². The minimum Gasteiger partial charge on any atom is -0.497 e. The molecule has 6 nitrogen and oxygen atoms in total. The largest absolute Gasteiger partial charge is 0.497 e. The Bertz CT molecular complexity index is 833. The second-order valence-electron chi connectivity index (χ2n) is 7.07. The van der Waals surface area contributed by atoms with Gasteiger partial charge in [-0.2, -0.15) is 0 Å². The fraction of sp³-hybridized carbons (Fsp3) is 0.474. The molecule has 2 fully saturated rings. The lowest BCUT2D eigenvalue weighted by Crippen LogP contribution is -2.40. The molecule has 1 atom stereocenters. The highest BCUT2D eigenvalue weighted by Gasteiger charge is 2.59. The molecule has 0 radical (unpaired) electrons. The summed E-state index contributed by atoms with van der Waals surface area (Å²) in [5, 5.41) is 0.991. The molecule has 25 heavy (non-hydrogen) atoms. The average Bonchev–Trinajstić information content (AvgIpc) is 3.16. The van der Waals surface area contributed by atoms with Crippen LogP contribution in [0.4, 0.5) is 0 Å². The zero-order chi connectivity index (χ0) is 17.6. The number of benzene rings is 1. The third-order valence-corrected chi connectivity index (χ3v) is 5.78. The monoisotopic (exact) mass is 342 g/mol. The summed E-state index contributed by atoms with van der Waals surface area (Å²) in [5.74, 6) is 0.691. The van der Waals surface area contributed by atoms with E-state index in [4.69, 9.17) is 9.47 Å². The third kappa shape index (κ3) is 2.65. The van der Waals surface area contributed by atoms with Crippen molar-refractivity contribution in [2.45, 2.75) is 19.3 Å². The number of likely N-dealkylation sites (tertiary alicyclic amines) is 1. The van der Waals surface area contributed by atoms with Crippen molar-refractivity contribution >= 4 is 22.8 Å². The van der Waals surface area contributed by atoms with Crippen molar-refractivity contribution in [3.05, 3.63) is 30.0 Å². The van der Waals surface area contributed by atoms with E-state index in [1.54, 1.807) is 7.11 Å². The van der Waals surface area contributed by atoms with E-state index in [1.165, 1.54) is 7.11 Å². The van der Waals surface area contributed by atoms with Gasteiger partial charge in [0.15, 0.2) is 0 Å². The topological polar surface area (TPSA) is 71.6 Å². The number of hydrogen-bond donors (Lipinski definition) is 1. The number of piperidine rings is 1. The van der Waals surface area contributed by atoms with Gasteiger partial charge in [-0.05, 0) is 42.9 Å². The molecule has 0 unspecified atom stereocenters. The molecular formula is C19H22N2O4. The molecule has 1 N–H and O–H groups in total. The quantitative estimate of drug-likeness (QED) is 0.871. The van der Waals surface area contributed by atoms with E-state index < -0.39 is 0 Å². The number of hydrogen-bond acceptors (Lipinski definition) is 4. The normalized spacial score (nSPS) is 21.4. The van der Waals surface area contributed by atoms with Crippen molar-refractivity contribution in [2.75, 3.05) is 27.3 Å². The summed E-state index contributed by atoms with van der Waals surface area (Å²) in [5.41, 5.74) is 1.56. The number of fused-ring (bicyclic) bond motifs is 1. The van der Waals surface area contributed by atoms with E-state index >= 15 is 0 Å². The van der Waals surface area contributed by atoms with Gasteiger partial charge in [-0.25, -0.2) is 0 Å². The van der Waals surface area contributed by atoms with Crippen LogP contribution in [0, 0.1) is 11.3 Å². The van der Waals surface area contributed by atoms with Gasteiger partial charge in [-0.3, -0.25) is 9.59 Å². The number of carbonyl (C=O) groups is 2. The Morgan fingerprint density at radius 3 is 2.64 bits per heavy atom. The maximum atomic E-state index is 12.8. The van der Waals surface area contributed by atoms with Crippen LogP contribution in [0.5, 0.6) is 5.75 Å². The van der Waals surface area contributed by atoms with Gasteiger partial charge < -0.3 is 19.4 Å². The number of carbonyl (C=O) groups excluding carboxylic acids is 2. The summed E-state index contributed by atoms with van der Waals surface area (Å²) in [4.78, 5) is 29.6. The lowest BCUT2D eigenvalue weighted by Gasteiger charge is -2.32. The van der Waals surface area contributed by atoms with Crippen molar-refractivity contribution in [2.24, 2.45) is 11.3 Å². The average molecular weight is 342 g/mol. The van der Waals surface area contributed by atoms with Crippen molar-refractivity contribution < 1.29 is 19.1 Å². The van der Waals surface area contributed by atoms with Crippen LogP contribution in [0.2, 0.25) is 0 Å². The summed E-state index contributed by atoms with van der Waals surface area (Å²) >= 11 is 0. The molecule has 2 aromatic rings. The zero-order valence-electron chi connectivity index (χ0n) is 14.5.